The van der Waals surface area contributed by atoms with E-state index in [0.29, 0.717) is 25.8 Å². The first-order valence-electron chi connectivity index (χ1n) is 12.1. The van der Waals surface area contributed by atoms with Crippen molar-refractivity contribution >= 4 is 73.4 Å². The molecular formula is C28H22N4O3S4. The van der Waals surface area contributed by atoms with Crippen molar-refractivity contribution in [2.75, 3.05) is 4.90 Å². The lowest BCUT2D eigenvalue weighted by molar-refractivity contribution is -0.117. The molecule has 11 heteroatoms. The number of benzene rings is 2. The predicted octanol–water partition coefficient (Wildman–Crippen LogP) is 7.21. The Morgan fingerprint density at radius 1 is 1.05 bits per heavy atom. The highest BCUT2D eigenvalue weighted by Gasteiger charge is 2.47. The van der Waals surface area contributed by atoms with Gasteiger partial charge in [0.15, 0.2) is 10.1 Å². The molecule has 0 aliphatic carbocycles. The number of hydrogen-bond acceptors (Lipinski definition) is 10. The van der Waals surface area contributed by atoms with Gasteiger partial charge in [-0.2, -0.15) is 0 Å². The summed E-state index contributed by atoms with van der Waals surface area (Å²) in [5.41, 5.74) is 2.74. The number of rotatable bonds is 7. The van der Waals surface area contributed by atoms with Gasteiger partial charge in [0.25, 0.3) is 5.91 Å². The van der Waals surface area contributed by atoms with Crippen LogP contribution in [0.5, 0.6) is 0 Å². The maximum atomic E-state index is 13.7. The zero-order valence-corrected chi connectivity index (χ0v) is 24.4. The molecule has 0 radical (unpaired) electrons. The van der Waals surface area contributed by atoms with Crippen molar-refractivity contribution in [2.45, 2.75) is 36.9 Å². The van der Waals surface area contributed by atoms with E-state index in [2.05, 4.69) is 39.4 Å². The zero-order valence-electron chi connectivity index (χ0n) is 21.2. The monoisotopic (exact) mass is 590 g/mol. The number of Topliss-reactive ketones (excluding diaryl/α,β-unsaturated/α-hetero) is 1. The standard InChI is InChI=1S/C28H22N4O3S4/c1-14-11-12-36-24(14)21-20(22(33)25-15(2)29-16(3)38-25)23(34)26(35)32(21)27-30-31-28(39-27)37-13-18-9-6-8-17-7-4-5-10-19(17)18/h4-12,21,34H,13H2,1-3H3. The molecule has 0 saturated heterocycles. The maximum Gasteiger partial charge on any atom is 0.296 e. The van der Waals surface area contributed by atoms with Crippen LogP contribution in [0, 0.1) is 20.8 Å². The number of thioether (sulfide) groups is 1. The van der Waals surface area contributed by atoms with Crippen LogP contribution in [0.25, 0.3) is 10.8 Å². The van der Waals surface area contributed by atoms with Crippen LogP contribution >= 0.6 is 45.8 Å². The highest BCUT2D eigenvalue weighted by molar-refractivity contribution is 8.00. The third kappa shape index (κ3) is 4.59. The fourth-order valence-electron chi connectivity index (χ4n) is 4.73. The maximum absolute atomic E-state index is 13.7. The summed E-state index contributed by atoms with van der Waals surface area (Å²) in [7, 11) is 0. The number of thiophene rings is 1. The Bertz CT molecular complexity index is 1780. The molecular weight excluding hydrogens is 569 g/mol. The smallest absolute Gasteiger partial charge is 0.296 e. The summed E-state index contributed by atoms with van der Waals surface area (Å²) in [6.07, 6.45) is 0. The average Bonchev–Trinajstić information content (AvgIpc) is 3.70. The van der Waals surface area contributed by atoms with Crippen molar-refractivity contribution < 1.29 is 14.7 Å². The number of aliphatic hydroxyl groups is 1. The highest BCUT2D eigenvalue weighted by atomic mass is 32.2. The first kappa shape index (κ1) is 25.9. The molecule has 1 N–H and O–H groups in total. The van der Waals surface area contributed by atoms with Gasteiger partial charge in [-0.3, -0.25) is 14.5 Å². The van der Waals surface area contributed by atoms with E-state index >= 15 is 0 Å². The molecule has 2 aromatic carbocycles. The third-order valence-corrected chi connectivity index (χ3v) is 10.8. The second-order valence-electron chi connectivity index (χ2n) is 9.06. The first-order valence-corrected chi connectivity index (χ1v) is 15.6. The molecule has 0 bridgehead atoms. The van der Waals surface area contributed by atoms with Crippen molar-refractivity contribution in [3.05, 3.63) is 96.8 Å². The van der Waals surface area contributed by atoms with Crippen LogP contribution in [0.2, 0.25) is 0 Å². The van der Waals surface area contributed by atoms with Crippen LogP contribution in [0.1, 0.15) is 42.4 Å². The van der Waals surface area contributed by atoms with Crippen LogP contribution in [0.15, 0.2) is 69.6 Å². The Hall–Kier alpha value is -3.38. The number of carbonyl (C=O) groups is 2. The molecule has 1 unspecified atom stereocenters. The average molecular weight is 591 g/mol. The minimum atomic E-state index is -0.796. The van der Waals surface area contributed by atoms with E-state index in [1.165, 1.54) is 55.2 Å². The SMILES string of the molecule is Cc1nc(C)c(C(=O)C2=C(O)C(=O)N(c3nnc(SCc4cccc5ccccc45)s3)C2c2sccc2C)s1. The quantitative estimate of drug-likeness (QED) is 0.122. The number of amides is 1. The Morgan fingerprint density at radius 2 is 1.85 bits per heavy atom. The summed E-state index contributed by atoms with van der Waals surface area (Å²) in [6, 6.07) is 15.6. The van der Waals surface area contributed by atoms with Gasteiger partial charge in [-0.25, -0.2) is 4.98 Å². The molecule has 1 aliphatic heterocycles. The largest absolute Gasteiger partial charge is 0.503 e. The lowest BCUT2D eigenvalue weighted by atomic mass is 9.99. The van der Waals surface area contributed by atoms with Gasteiger partial charge < -0.3 is 5.11 Å². The van der Waals surface area contributed by atoms with Crippen LogP contribution < -0.4 is 4.90 Å². The van der Waals surface area contributed by atoms with Gasteiger partial charge >= 0.3 is 0 Å². The predicted molar refractivity (Wildman–Crippen MR) is 158 cm³/mol. The summed E-state index contributed by atoms with van der Waals surface area (Å²) in [4.78, 5) is 34.2. The number of thiazole rings is 1. The molecule has 5 aromatic rings. The molecule has 0 fully saturated rings. The van der Waals surface area contributed by atoms with Gasteiger partial charge in [0.1, 0.15) is 6.04 Å². The van der Waals surface area contributed by atoms with E-state index in [1.807, 2.05) is 43.5 Å². The third-order valence-electron chi connectivity index (χ3n) is 6.55. The minimum absolute atomic E-state index is 0.0532. The summed E-state index contributed by atoms with van der Waals surface area (Å²) in [5, 5.41) is 25.1. The molecule has 3 aromatic heterocycles. The number of nitrogens with zero attached hydrogens (tertiary/aromatic N) is 4. The number of aryl methyl sites for hydroxylation is 3. The molecule has 39 heavy (non-hydrogen) atoms. The van der Waals surface area contributed by atoms with Crippen molar-refractivity contribution in [3.63, 3.8) is 0 Å². The van der Waals surface area contributed by atoms with Crippen LogP contribution in [-0.4, -0.2) is 32.0 Å². The van der Waals surface area contributed by atoms with Crippen LogP contribution in [0.3, 0.4) is 0 Å². The van der Waals surface area contributed by atoms with Gasteiger partial charge in [0, 0.05) is 10.6 Å². The number of ketones is 1. The normalized spacial score (nSPS) is 15.6. The Kier molecular flexibility index (Phi) is 6.84. The van der Waals surface area contributed by atoms with Gasteiger partial charge in [0.2, 0.25) is 10.9 Å². The van der Waals surface area contributed by atoms with Crippen molar-refractivity contribution in [1.82, 2.24) is 15.2 Å². The zero-order chi connectivity index (χ0) is 27.3. The van der Waals surface area contributed by atoms with Gasteiger partial charge in [-0.15, -0.1) is 32.9 Å². The molecule has 0 spiro atoms. The van der Waals surface area contributed by atoms with Gasteiger partial charge in [-0.05, 0) is 54.1 Å². The molecule has 1 aliphatic rings. The van der Waals surface area contributed by atoms with Crippen molar-refractivity contribution in [1.29, 1.82) is 0 Å². The molecule has 7 nitrogen and oxygen atoms in total. The Balaban J connectivity index is 1.34. The molecule has 1 atom stereocenters. The molecule has 196 valence electrons. The fraction of sp³-hybridized carbons (Fsp3) is 0.179. The summed E-state index contributed by atoms with van der Waals surface area (Å²) in [6.45, 7) is 5.52. The minimum Gasteiger partial charge on any atom is -0.503 e. The van der Waals surface area contributed by atoms with Crippen molar-refractivity contribution in [2.24, 2.45) is 0 Å². The first-order chi connectivity index (χ1) is 18.8. The second kappa shape index (κ2) is 10.3. The highest BCUT2D eigenvalue weighted by Crippen LogP contribution is 2.46. The lowest BCUT2D eigenvalue weighted by Crippen LogP contribution is -2.30. The van der Waals surface area contributed by atoms with E-state index in [1.54, 1.807) is 18.7 Å². The van der Waals surface area contributed by atoms with Crippen LogP contribution in [-0.2, 0) is 10.5 Å². The van der Waals surface area contributed by atoms with Crippen molar-refractivity contribution in [3.8, 4) is 0 Å². The van der Waals surface area contributed by atoms with Gasteiger partial charge in [0.05, 0.1) is 21.2 Å². The number of hydrogen-bond donors (Lipinski definition) is 1. The molecule has 0 saturated carbocycles. The lowest BCUT2D eigenvalue weighted by Gasteiger charge is -2.23. The van der Waals surface area contributed by atoms with E-state index in [9.17, 15) is 14.7 Å². The Morgan fingerprint density at radius 3 is 2.59 bits per heavy atom. The van der Waals surface area contributed by atoms with E-state index in [-0.39, 0.29) is 11.4 Å². The number of aliphatic hydroxyl groups excluding tert-OH is 1. The van der Waals surface area contributed by atoms with Crippen LogP contribution in [0.4, 0.5) is 5.13 Å². The number of carbonyl (C=O) groups excluding carboxylic acids is 2. The number of anilines is 1. The van der Waals surface area contributed by atoms with E-state index < -0.39 is 17.7 Å². The summed E-state index contributed by atoms with van der Waals surface area (Å²) >= 11 is 5.52. The number of fused-ring (bicyclic) bond motifs is 1. The number of aromatic nitrogens is 3. The second-order valence-corrected chi connectivity index (χ2v) is 13.4. The molecule has 1 amide bonds. The van der Waals surface area contributed by atoms with Gasteiger partial charge in [-0.1, -0.05) is 65.6 Å². The summed E-state index contributed by atoms with van der Waals surface area (Å²) in [5.74, 6) is -0.909. The molecule has 4 heterocycles. The topological polar surface area (TPSA) is 96.3 Å². The molecule has 6 rings (SSSR count). The van der Waals surface area contributed by atoms with E-state index in [4.69, 9.17) is 0 Å². The summed E-state index contributed by atoms with van der Waals surface area (Å²) < 4.78 is 0.695. The Labute approximate surface area is 240 Å². The fourth-order valence-corrected chi connectivity index (χ4v) is 8.50. The van der Waals surface area contributed by atoms with E-state index in [0.717, 1.165) is 15.4 Å².